The van der Waals surface area contributed by atoms with E-state index in [0.29, 0.717) is 0 Å². The number of hydrogen-bond donors (Lipinski definition) is 0. The second-order valence-electron chi connectivity index (χ2n) is 1.64. The molecule has 1 rings (SSSR count). The van der Waals surface area contributed by atoms with Gasteiger partial charge >= 0.3 is 0 Å². The summed E-state index contributed by atoms with van der Waals surface area (Å²) < 4.78 is 0.767. The van der Waals surface area contributed by atoms with E-state index in [2.05, 4.69) is 15.9 Å². The summed E-state index contributed by atoms with van der Waals surface area (Å²) in [6, 6.07) is 9.83. The van der Waals surface area contributed by atoms with Crippen molar-refractivity contribution < 1.29 is 0 Å². The van der Waals surface area contributed by atoms with Crippen LogP contribution in [-0.2, 0) is 0 Å². The van der Waals surface area contributed by atoms with Gasteiger partial charge < -0.3 is 0 Å². The van der Waals surface area contributed by atoms with Gasteiger partial charge in [-0.15, -0.1) is 0 Å². The summed E-state index contributed by atoms with van der Waals surface area (Å²) in [6.07, 6.45) is 0. The van der Waals surface area contributed by atoms with Gasteiger partial charge in [-0.2, -0.15) is 0 Å². The summed E-state index contributed by atoms with van der Waals surface area (Å²) in [7, 11) is 0. The zero-order valence-corrected chi connectivity index (χ0v) is 7.08. The summed E-state index contributed by atoms with van der Waals surface area (Å²) >= 11 is 8.09. The van der Waals surface area contributed by atoms with Crippen molar-refractivity contribution in [2.45, 2.75) is 0 Å². The molecule has 0 saturated carbocycles. The predicted molar refractivity (Wildman–Crippen MR) is 47.1 cm³/mol. The van der Waals surface area contributed by atoms with Crippen molar-refractivity contribution in [3.05, 3.63) is 35.9 Å². The maximum Gasteiger partial charge on any atom is 0.0877 e. The van der Waals surface area contributed by atoms with E-state index in [0.717, 1.165) is 9.34 Å². The van der Waals surface area contributed by atoms with Crippen LogP contribution < -0.4 is 0 Å². The Balaban J connectivity index is 2.98. The second kappa shape index (κ2) is 3.08. The number of thiocarbonyl (C=S) groups is 1. The third-order valence-corrected chi connectivity index (χ3v) is 1.69. The van der Waals surface area contributed by atoms with E-state index in [1.165, 1.54) is 0 Å². The smallest absolute Gasteiger partial charge is 0.0712 e. The molecule has 0 spiro atoms. The van der Waals surface area contributed by atoms with Crippen LogP contribution in [0.5, 0.6) is 0 Å². The molecule has 1 aromatic rings. The third kappa shape index (κ3) is 1.88. The van der Waals surface area contributed by atoms with Gasteiger partial charge in [0.2, 0.25) is 0 Å². The molecule has 0 fully saturated rings. The van der Waals surface area contributed by atoms with Crippen LogP contribution in [0, 0.1) is 0 Å². The normalized spacial score (nSPS) is 9.00. The Bertz CT molecular complexity index is 205. The lowest BCUT2D eigenvalue weighted by Crippen LogP contribution is -1.82. The topological polar surface area (TPSA) is 0 Å². The maximum atomic E-state index is 4.88. The average Bonchev–Trinajstić information content (AvgIpc) is 1.90. The van der Waals surface area contributed by atoms with Gasteiger partial charge in [0.05, 0.1) is 3.77 Å². The first-order valence-corrected chi connectivity index (χ1v) is 3.76. The van der Waals surface area contributed by atoms with Crippen LogP contribution >= 0.6 is 28.1 Å². The van der Waals surface area contributed by atoms with Crippen LogP contribution in [0.1, 0.15) is 5.56 Å². The molecule has 0 N–H and O–H groups in total. The predicted octanol–water partition coefficient (Wildman–Crippen LogP) is 2.76. The van der Waals surface area contributed by atoms with E-state index < -0.39 is 0 Å². The molecule has 0 aliphatic carbocycles. The van der Waals surface area contributed by atoms with Crippen LogP contribution in [0.3, 0.4) is 0 Å². The van der Waals surface area contributed by atoms with Crippen LogP contribution in [0.2, 0.25) is 0 Å². The molecule has 0 unspecified atom stereocenters. The Kier molecular flexibility index (Phi) is 2.37. The fourth-order valence-electron chi connectivity index (χ4n) is 0.569. The van der Waals surface area contributed by atoms with Crippen molar-refractivity contribution in [2.24, 2.45) is 0 Å². The largest absolute Gasteiger partial charge is 0.0877 e. The summed E-state index contributed by atoms with van der Waals surface area (Å²) in [5.74, 6) is 0. The average molecular weight is 201 g/mol. The molecule has 0 heterocycles. The zero-order chi connectivity index (χ0) is 6.69. The number of benzene rings is 1. The summed E-state index contributed by atoms with van der Waals surface area (Å²) in [4.78, 5) is 0. The lowest BCUT2D eigenvalue weighted by molar-refractivity contribution is 1.69. The third-order valence-electron chi connectivity index (χ3n) is 1.00. The van der Waals surface area contributed by atoms with E-state index in [4.69, 9.17) is 12.2 Å². The van der Waals surface area contributed by atoms with E-state index >= 15 is 0 Å². The van der Waals surface area contributed by atoms with Gasteiger partial charge in [-0.05, 0) is 21.5 Å². The van der Waals surface area contributed by atoms with Crippen molar-refractivity contribution in [3.63, 3.8) is 0 Å². The summed E-state index contributed by atoms with van der Waals surface area (Å²) in [5, 5.41) is 0. The number of rotatable bonds is 1. The molecular formula is C7H5BrS. The molecule has 0 aliphatic rings. The number of hydrogen-bond acceptors (Lipinski definition) is 1. The Hall–Kier alpha value is -0.210. The molecule has 0 atom stereocenters. The first-order chi connectivity index (χ1) is 4.30. The van der Waals surface area contributed by atoms with Crippen LogP contribution in [0.15, 0.2) is 30.3 Å². The highest BCUT2D eigenvalue weighted by molar-refractivity contribution is 9.20. The van der Waals surface area contributed by atoms with Gasteiger partial charge in [0.25, 0.3) is 0 Å². The van der Waals surface area contributed by atoms with Crippen LogP contribution in [0.25, 0.3) is 0 Å². The molecule has 9 heavy (non-hydrogen) atoms. The van der Waals surface area contributed by atoms with E-state index in [9.17, 15) is 0 Å². The fraction of sp³-hybridized carbons (Fsp3) is 0. The lowest BCUT2D eigenvalue weighted by atomic mass is 10.2. The van der Waals surface area contributed by atoms with Crippen LogP contribution in [-0.4, -0.2) is 3.77 Å². The van der Waals surface area contributed by atoms with E-state index in [-0.39, 0.29) is 0 Å². The molecule has 0 bridgehead atoms. The van der Waals surface area contributed by atoms with Gasteiger partial charge in [-0.25, -0.2) is 0 Å². The molecular weight excluding hydrogens is 196 g/mol. The molecule has 0 radical (unpaired) electrons. The van der Waals surface area contributed by atoms with E-state index in [1.807, 2.05) is 30.3 Å². The highest BCUT2D eigenvalue weighted by Crippen LogP contribution is 2.05. The first-order valence-electron chi connectivity index (χ1n) is 2.55. The Morgan fingerprint density at radius 3 is 2.11 bits per heavy atom. The lowest BCUT2D eigenvalue weighted by Gasteiger charge is -1.90. The standard InChI is InChI=1S/C7H5BrS/c8-7(9)6-4-2-1-3-5-6/h1-5H. The Morgan fingerprint density at radius 1 is 1.22 bits per heavy atom. The minimum atomic E-state index is 0.767. The quantitative estimate of drug-likeness (QED) is 0.497. The fourth-order valence-corrected chi connectivity index (χ4v) is 0.970. The van der Waals surface area contributed by atoms with E-state index in [1.54, 1.807) is 0 Å². The van der Waals surface area contributed by atoms with Crippen molar-refractivity contribution in [1.82, 2.24) is 0 Å². The zero-order valence-electron chi connectivity index (χ0n) is 4.67. The Morgan fingerprint density at radius 2 is 1.78 bits per heavy atom. The minimum absolute atomic E-state index is 0.767. The van der Waals surface area contributed by atoms with Crippen LogP contribution in [0.4, 0.5) is 0 Å². The SMILES string of the molecule is S=C(Br)c1ccccc1. The molecule has 0 aromatic heterocycles. The minimum Gasteiger partial charge on any atom is -0.0712 e. The molecule has 1 aromatic carbocycles. The monoisotopic (exact) mass is 200 g/mol. The van der Waals surface area contributed by atoms with Gasteiger partial charge in [0.1, 0.15) is 0 Å². The molecule has 0 amide bonds. The summed E-state index contributed by atoms with van der Waals surface area (Å²) in [5.41, 5.74) is 1.06. The van der Waals surface area contributed by atoms with Gasteiger partial charge in [-0.1, -0.05) is 42.5 Å². The molecule has 2 heteroatoms. The van der Waals surface area contributed by atoms with Gasteiger partial charge in [0.15, 0.2) is 0 Å². The van der Waals surface area contributed by atoms with Crippen molar-refractivity contribution in [1.29, 1.82) is 0 Å². The molecule has 46 valence electrons. The molecule has 0 nitrogen and oxygen atoms in total. The van der Waals surface area contributed by atoms with Crippen molar-refractivity contribution in [2.75, 3.05) is 0 Å². The molecule has 0 aliphatic heterocycles. The van der Waals surface area contributed by atoms with Gasteiger partial charge in [0, 0.05) is 0 Å². The first kappa shape index (κ1) is 6.90. The maximum absolute atomic E-state index is 4.88. The highest BCUT2D eigenvalue weighted by atomic mass is 79.9. The van der Waals surface area contributed by atoms with Crippen molar-refractivity contribution in [3.8, 4) is 0 Å². The summed E-state index contributed by atoms with van der Waals surface area (Å²) in [6.45, 7) is 0. The highest BCUT2D eigenvalue weighted by Gasteiger charge is 1.90. The Labute approximate surface area is 68.0 Å². The second-order valence-corrected chi connectivity index (χ2v) is 3.37. The van der Waals surface area contributed by atoms with Crippen molar-refractivity contribution >= 4 is 31.9 Å². The number of halogens is 1. The molecule has 0 saturated heterocycles. The van der Waals surface area contributed by atoms with Gasteiger partial charge in [-0.3, -0.25) is 0 Å².